The van der Waals surface area contributed by atoms with E-state index in [1.165, 1.54) is 0 Å². The largest absolute Gasteiger partial charge is 0.478 e. The summed E-state index contributed by atoms with van der Waals surface area (Å²) < 4.78 is 5.54. The lowest BCUT2D eigenvalue weighted by molar-refractivity contribution is 0.322. The second-order valence-corrected chi connectivity index (χ2v) is 5.02. The maximum atomic E-state index is 5.54. The monoisotopic (exact) mass is 309 g/mol. The fraction of sp³-hybridized carbons (Fsp3) is 0.235. The van der Waals surface area contributed by atoms with Crippen LogP contribution in [-0.2, 0) is 13.1 Å². The summed E-state index contributed by atoms with van der Waals surface area (Å²) in [7, 11) is 0. The number of hydrogen-bond acceptors (Lipinski definition) is 5. The number of ether oxygens (including phenoxy) is 1. The second-order valence-electron chi connectivity index (χ2n) is 5.02. The number of nitrogens with zero attached hydrogens (tertiary/aromatic N) is 3. The lowest BCUT2D eigenvalue weighted by atomic mass is 10.1. The molecule has 0 fully saturated rings. The highest BCUT2D eigenvalue weighted by Crippen LogP contribution is 2.20. The van der Waals surface area contributed by atoms with E-state index in [0.717, 1.165) is 22.4 Å². The first-order valence-electron chi connectivity index (χ1n) is 7.58. The van der Waals surface area contributed by atoms with Crippen LogP contribution < -0.4 is 10.1 Å². The second kappa shape index (κ2) is 7.51. The van der Waals surface area contributed by atoms with Crippen LogP contribution in [0.25, 0.3) is 11.3 Å². The minimum Gasteiger partial charge on any atom is -0.478 e. The number of H-pyrrole nitrogens is 1. The van der Waals surface area contributed by atoms with Crippen LogP contribution >= 0.6 is 0 Å². The zero-order chi connectivity index (χ0) is 15.9. The standard InChI is InChI=1S/C17H19N5O/c1-2-23-17-14(6-4-8-20-17)10-19-11-15-12-21-22-16(15)13-5-3-7-18-9-13/h3-9,12,19H,2,10-11H2,1H3,(H,21,22). The van der Waals surface area contributed by atoms with Crippen LogP contribution in [0.2, 0.25) is 0 Å². The average molecular weight is 309 g/mol. The normalized spacial score (nSPS) is 10.7. The molecule has 0 radical (unpaired) electrons. The molecule has 0 aromatic carbocycles. The van der Waals surface area contributed by atoms with Crippen LogP contribution in [0, 0.1) is 0 Å². The minimum absolute atomic E-state index is 0.608. The summed E-state index contributed by atoms with van der Waals surface area (Å²) in [6.07, 6.45) is 7.16. The number of aromatic amines is 1. The van der Waals surface area contributed by atoms with E-state index in [1.54, 1.807) is 12.4 Å². The molecule has 0 aliphatic heterocycles. The smallest absolute Gasteiger partial charge is 0.217 e. The Labute approximate surface area is 135 Å². The van der Waals surface area contributed by atoms with Crippen molar-refractivity contribution in [3.8, 4) is 17.1 Å². The molecule has 118 valence electrons. The van der Waals surface area contributed by atoms with Gasteiger partial charge in [-0.15, -0.1) is 0 Å². The summed E-state index contributed by atoms with van der Waals surface area (Å²) >= 11 is 0. The van der Waals surface area contributed by atoms with Crippen molar-refractivity contribution in [2.45, 2.75) is 20.0 Å². The molecule has 23 heavy (non-hydrogen) atoms. The number of nitrogens with one attached hydrogen (secondary N) is 2. The van der Waals surface area contributed by atoms with Crippen molar-refractivity contribution in [2.24, 2.45) is 0 Å². The van der Waals surface area contributed by atoms with E-state index in [-0.39, 0.29) is 0 Å². The Bertz CT molecular complexity index is 742. The third kappa shape index (κ3) is 3.73. The average Bonchev–Trinajstić information content (AvgIpc) is 3.06. The van der Waals surface area contributed by atoms with Crippen LogP contribution in [0.5, 0.6) is 5.88 Å². The summed E-state index contributed by atoms with van der Waals surface area (Å²) in [5, 5.41) is 10.6. The Morgan fingerprint density at radius 3 is 2.78 bits per heavy atom. The van der Waals surface area contributed by atoms with Gasteiger partial charge in [0.1, 0.15) is 0 Å². The molecule has 6 heteroatoms. The SMILES string of the molecule is CCOc1ncccc1CNCc1cn[nH]c1-c1cccnc1. The summed E-state index contributed by atoms with van der Waals surface area (Å²) in [6.45, 7) is 3.94. The Morgan fingerprint density at radius 1 is 1.09 bits per heavy atom. The number of aromatic nitrogens is 4. The van der Waals surface area contributed by atoms with Gasteiger partial charge in [-0.1, -0.05) is 6.07 Å². The minimum atomic E-state index is 0.608. The highest BCUT2D eigenvalue weighted by Gasteiger charge is 2.08. The van der Waals surface area contributed by atoms with Crippen molar-refractivity contribution in [1.82, 2.24) is 25.5 Å². The van der Waals surface area contributed by atoms with Crippen LogP contribution in [0.4, 0.5) is 0 Å². The fourth-order valence-electron chi connectivity index (χ4n) is 2.36. The molecule has 0 saturated carbocycles. The van der Waals surface area contributed by atoms with Crippen molar-refractivity contribution in [3.63, 3.8) is 0 Å². The summed E-state index contributed by atoms with van der Waals surface area (Å²) in [6, 6.07) is 7.86. The Morgan fingerprint density at radius 2 is 1.96 bits per heavy atom. The van der Waals surface area contributed by atoms with Gasteiger partial charge in [0.2, 0.25) is 5.88 Å². The molecule has 6 nitrogen and oxygen atoms in total. The molecule has 0 bridgehead atoms. The number of rotatable bonds is 7. The number of hydrogen-bond donors (Lipinski definition) is 2. The summed E-state index contributed by atoms with van der Waals surface area (Å²) in [4.78, 5) is 8.41. The van der Waals surface area contributed by atoms with Gasteiger partial charge < -0.3 is 10.1 Å². The predicted molar refractivity (Wildman–Crippen MR) is 87.8 cm³/mol. The van der Waals surface area contributed by atoms with E-state index in [1.807, 2.05) is 43.6 Å². The maximum Gasteiger partial charge on any atom is 0.217 e. The van der Waals surface area contributed by atoms with Gasteiger partial charge in [0.25, 0.3) is 0 Å². The highest BCUT2D eigenvalue weighted by molar-refractivity contribution is 5.61. The van der Waals surface area contributed by atoms with E-state index in [4.69, 9.17) is 4.74 Å². The number of pyridine rings is 2. The van der Waals surface area contributed by atoms with E-state index in [2.05, 4.69) is 25.5 Å². The zero-order valence-electron chi connectivity index (χ0n) is 13.0. The molecule has 3 aromatic rings. The topological polar surface area (TPSA) is 75.7 Å². The first-order chi connectivity index (χ1) is 11.4. The molecule has 0 atom stereocenters. The molecule has 0 unspecified atom stereocenters. The van der Waals surface area contributed by atoms with E-state index < -0.39 is 0 Å². The lowest BCUT2D eigenvalue weighted by Crippen LogP contribution is -2.14. The van der Waals surface area contributed by atoms with Crippen LogP contribution in [0.3, 0.4) is 0 Å². The van der Waals surface area contributed by atoms with Gasteiger partial charge in [0.05, 0.1) is 18.5 Å². The van der Waals surface area contributed by atoms with Crippen molar-refractivity contribution < 1.29 is 4.74 Å². The summed E-state index contributed by atoms with van der Waals surface area (Å²) in [5.41, 5.74) is 4.15. The van der Waals surface area contributed by atoms with Crippen LogP contribution in [0.1, 0.15) is 18.1 Å². The van der Waals surface area contributed by atoms with Gasteiger partial charge in [-0.2, -0.15) is 5.10 Å². The molecule has 0 amide bonds. The highest BCUT2D eigenvalue weighted by atomic mass is 16.5. The van der Waals surface area contributed by atoms with Crippen molar-refractivity contribution in [1.29, 1.82) is 0 Å². The zero-order valence-corrected chi connectivity index (χ0v) is 13.0. The molecule has 0 spiro atoms. The molecule has 3 heterocycles. The quantitative estimate of drug-likeness (QED) is 0.701. The van der Waals surface area contributed by atoms with E-state index in [0.29, 0.717) is 25.6 Å². The molecule has 0 aliphatic rings. The molecule has 3 aromatic heterocycles. The molecular weight excluding hydrogens is 290 g/mol. The molecule has 2 N–H and O–H groups in total. The van der Waals surface area contributed by atoms with Gasteiger partial charge in [-0.3, -0.25) is 10.1 Å². The van der Waals surface area contributed by atoms with Crippen LogP contribution in [0.15, 0.2) is 49.1 Å². The Balaban J connectivity index is 1.65. The van der Waals surface area contributed by atoms with Gasteiger partial charge in [-0.25, -0.2) is 4.98 Å². The van der Waals surface area contributed by atoms with Crippen molar-refractivity contribution >= 4 is 0 Å². The third-order valence-electron chi connectivity index (χ3n) is 3.43. The first-order valence-corrected chi connectivity index (χ1v) is 7.58. The predicted octanol–water partition coefficient (Wildman–Crippen LogP) is 2.56. The lowest BCUT2D eigenvalue weighted by Gasteiger charge is -2.10. The van der Waals surface area contributed by atoms with Gasteiger partial charge >= 0.3 is 0 Å². The fourth-order valence-corrected chi connectivity index (χ4v) is 2.36. The third-order valence-corrected chi connectivity index (χ3v) is 3.43. The molecular formula is C17H19N5O. The summed E-state index contributed by atoms with van der Waals surface area (Å²) in [5.74, 6) is 0.683. The molecule has 3 rings (SSSR count). The molecule has 0 aliphatic carbocycles. The van der Waals surface area contributed by atoms with Crippen molar-refractivity contribution in [3.05, 3.63) is 60.2 Å². The van der Waals surface area contributed by atoms with Gasteiger partial charge in [0.15, 0.2) is 0 Å². The Kier molecular flexibility index (Phi) is 4.95. The van der Waals surface area contributed by atoms with E-state index in [9.17, 15) is 0 Å². The first kappa shape index (κ1) is 15.2. The van der Waals surface area contributed by atoms with Crippen molar-refractivity contribution in [2.75, 3.05) is 6.61 Å². The van der Waals surface area contributed by atoms with E-state index >= 15 is 0 Å². The maximum absolute atomic E-state index is 5.54. The van der Waals surface area contributed by atoms with Gasteiger partial charge in [0, 0.05) is 48.4 Å². The van der Waals surface area contributed by atoms with Gasteiger partial charge in [-0.05, 0) is 25.1 Å². The Hall–Kier alpha value is -2.73. The van der Waals surface area contributed by atoms with Crippen LogP contribution in [-0.4, -0.2) is 26.8 Å². The molecule has 0 saturated heterocycles.